The van der Waals surface area contributed by atoms with Crippen molar-refractivity contribution in [2.45, 2.75) is 19.0 Å². The van der Waals surface area contributed by atoms with Gasteiger partial charge in [0.2, 0.25) is 0 Å². The Bertz CT molecular complexity index is 595. The predicted molar refractivity (Wildman–Crippen MR) is 75.9 cm³/mol. The molecule has 0 bridgehead atoms. The first-order valence-electron chi connectivity index (χ1n) is 6.79. The van der Waals surface area contributed by atoms with Crippen LogP contribution in [0.4, 0.5) is 0 Å². The molecule has 0 fully saturated rings. The van der Waals surface area contributed by atoms with Gasteiger partial charge >= 0.3 is 0 Å². The number of hydrogen-bond acceptors (Lipinski definition) is 4. The van der Waals surface area contributed by atoms with Crippen LogP contribution in [-0.2, 0) is 13.6 Å². The van der Waals surface area contributed by atoms with E-state index >= 15 is 0 Å². The minimum Gasteiger partial charge on any atom is -0.497 e. The van der Waals surface area contributed by atoms with Crippen LogP contribution in [0, 0.1) is 0 Å². The first kappa shape index (κ1) is 13.0. The molecule has 5 nitrogen and oxygen atoms in total. The summed E-state index contributed by atoms with van der Waals surface area (Å²) in [4.78, 5) is 0. The topological polar surface area (TPSA) is 48.3 Å². The number of rotatable bonds is 4. The molecule has 0 saturated heterocycles. The average Bonchev–Trinajstić information content (AvgIpc) is 2.90. The van der Waals surface area contributed by atoms with Crippen LogP contribution >= 0.6 is 0 Å². The Morgan fingerprint density at radius 2 is 2.35 bits per heavy atom. The molecule has 0 radical (unpaired) electrons. The van der Waals surface area contributed by atoms with E-state index < -0.39 is 0 Å². The number of nitrogens with zero attached hydrogens (tertiary/aromatic N) is 2. The summed E-state index contributed by atoms with van der Waals surface area (Å²) in [5, 5.41) is 7.93. The van der Waals surface area contributed by atoms with Crippen LogP contribution in [0.3, 0.4) is 0 Å². The van der Waals surface area contributed by atoms with Gasteiger partial charge in [0.05, 0.1) is 19.4 Å². The predicted octanol–water partition coefficient (Wildman–Crippen LogP) is 2.04. The number of aryl methyl sites for hydroxylation is 1. The number of hydrogen-bond donors (Lipinski definition) is 1. The third-order valence-electron chi connectivity index (χ3n) is 3.55. The van der Waals surface area contributed by atoms with Crippen LogP contribution in [0.2, 0.25) is 0 Å². The quantitative estimate of drug-likeness (QED) is 0.926. The molecule has 1 aromatic heterocycles. The zero-order valence-electron chi connectivity index (χ0n) is 11.8. The minimum atomic E-state index is 0.274. The number of nitrogens with one attached hydrogen (secondary N) is 1. The third kappa shape index (κ3) is 2.63. The zero-order valence-corrected chi connectivity index (χ0v) is 11.8. The Morgan fingerprint density at radius 1 is 1.45 bits per heavy atom. The zero-order chi connectivity index (χ0) is 13.9. The molecule has 106 valence electrons. The third-order valence-corrected chi connectivity index (χ3v) is 3.55. The molecule has 1 aromatic carbocycles. The van der Waals surface area contributed by atoms with E-state index in [4.69, 9.17) is 9.47 Å². The Balaban J connectivity index is 1.75. The van der Waals surface area contributed by atoms with Crippen molar-refractivity contribution in [1.82, 2.24) is 15.1 Å². The van der Waals surface area contributed by atoms with Gasteiger partial charge in [-0.1, -0.05) is 0 Å². The van der Waals surface area contributed by atoms with Gasteiger partial charge in [-0.3, -0.25) is 4.68 Å². The van der Waals surface area contributed by atoms with Crippen molar-refractivity contribution in [2.24, 2.45) is 7.05 Å². The number of benzene rings is 1. The van der Waals surface area contributed by atoms with Crippen molar-refractivity contribution in [2.75, 3.05) is 13.7 Å². The van der Waals surface area contributed by atoms with Gasteiger partial charge in [-0.25, -0.2) is 0 Å². The number of aromatic nitrogens is 2. The SMILES string of the molecule is COc1ccc2c(c1)C(NCc1ccn(C)n1)CCO2. The maximum Gasteiger partial charge on any atom is 0.124 e. The van der Waals surface area contributed by atoms with Crippen LogP contribution in [-0.4, -0.2) is 23.5 Å². The van der Waals surface area contributed by atoms with Crippen LogP contribution in [0.15, 0.2) is 30.5 Å². The average molecular weight is 273 g/mol. The molecule has 0 aliphatic carbocycles. The summed E-state index contributed by atoms with van der Waals surface area (Å²) in [5.41, 5.74) is 2.20. The van der Waals surface area contributed by atoms with Crippen molar-refractivity contribution in [3.05, 3.63) is 41.7 Å². The lowest BCUT2D eigenvalue weighted by Gasteiger charge is -2.27. The van der Waals surface area contributed by atoms with Crippen molar-refractivity contribution < 1.29 is 9.47 Å². The summed E-state index contributed by atoms with van der Waals surface area (Å²) in [5.74, 6) is 1.80. The highest BCUT2D eigenvalue weighted by molar-refractivity contribution is 5.43. The van der Waals surface area contributed by atoms with Gasteiger partial charge in [-0.15, -0.1) is 0 Å². The lowest BCUT2D eigenvalue weighted by molar-refractivity contribution is 0.251. The summed E-state index contributed by atoms with van der Waals surface area (Å²) in [7, 11) is 3.61. The number of ether oxygens (including phenoxy) is 2. The lowest BCUT2D eigenvalue weighted by atomic mass is 10.00. The van der Waals surface area contributed by atoms with Gasteiger partial charge in [-0.05, 0) is 24.3 Å². The maximum absolute atomic E-state index is 5.69. The summed E-state index contributed by atoms with van der Waals surface area (Å²) in [6.45, 7) is 1.49. The molecule has 20 heavy (non-hydrogen) atoms. The second kappa shape index (κ2) is 5.54. The summed E-state index contributed by atoms with van der Waals surface area (Å²) < 4.78 is 12.8. The van der Waals surface area contributed by atoms with Gasteiger partial charge in [0.15, 0.2) is 0 Å². The molecule has 0 amide bonds. The largest absolute Gasteiger partial charge is 0.497 e. The second-order valence-corrected chi connectivity index (χ2v) is 4.96. The molecular weight excluding hydrogens is 254 g/mol. The highest BCUT2D eigenvalue weighted by Crippen LogP contribution is 2.34. The molecule has 1 N–H and O–H groups in total. The number of fused-ring (bicyclic) bond motifs is 1. The highest BCUT2D eigenvalue weighted by atomic mass is 16.5. The van der Waals surface area contributed by atoms with E-state index in [9.17, 15) is 0 Å². The summed E-state index contributed by atoms with van der Waals surface area (Å²) in [6.07, 6.45) is 2.91. The lowest BCUT2D eigenvalue weighted by Crippen LogP contribution is -2.27. The molecule has 0 saturated carbocycles. The Kier molecular flexibility index (Phi) is 3.60. The van der Waals surface area contributed by atoms with Gasteiger partial charge in [-0.2, -0.15) is 5.10 Å². The van der Waals surface area contributed by atoms with Gasteiger partial charge in [0.25, 0.3) is 0 Å². The van der Waals surface area contributed by atoms with Gasteiger partial charge in [0, 0.05) is 37.8 Å². The minimum absolute atomic E-state index is 0.274. The van der Waals surface area contributed by atoms with Crippen molar-refractivity contribution in [3.8, 4) is 11.5 Å². The van der Waals surface area contributed by atoms with Crippen LogP contribution < -0.4 is 14.8 Å². The maximum atomic E-state index is 5.69. The Labute approximate surface area is 118 Å². The van der Waals surface area contributed by atoms with E-state index in [0.717, 1.165) is 42.3 Å². The Morgan fingerprint density at radius 3 is 3.10 bits per heavy atom. The molecule has 0 spiro atoms. The second-order valence-electron chi connectivity index (χ2n) is 4.96. The van der Waals surface area contributed by atoms with E-state index in [1.54, 1.807) is 7.11 Å². The molecule has 5 heteroatoms. The molecule has 1 unspecified atom stereocenters. The van der Waals surface area contributed by atoms with E-state index in [1.807, 2.05) is 42.2 Å². The summed E-state index contributed by atoms with van der Waals surface area (Å²) >= 11 is 0. The van der Waals surface area contributed by atoms with Gasteiger partial charge in [0.1, 0.15) is 11.5 Å². The van der Waals surface area contributed by atoms with E-state index in [0.29, 0.717) is 0 Å². The fraction of sp³-hybridized carbons (Fsp3) is 0.400. The van der Waals surface area contributed by atoms with Crippen LogP contribution in [0.5, 0.6) is 11.5 Å². The molecule has 2 aromatic rings. The smallest absolute Gasteiger partial charge is 0.124 e. The van der Waals surface area contributed by atoms with Gasteiger partial charge < -0.3 is 14.8 Å². The van der Waals surface area contributed by atoms with Crippen LogP contribution in [0.1, 0.15) is 23.7 Å². The van der Waals surface area contributed by atoms with Crippen LogP contribution in [0.25, 0.3) is 0 Å². The van der Waals surface area contributed by atoms with Crippen molar-refractivity contribution in [3.63, 3.8) is 0 Å². The first-order chi connectivity index (χ1) is 9.76. The molecule has 1 aliphatic heterocycles. The fourth-order valence-corrected chi connectivity index (χ4v) is 2.50. The standard InChI is InChI=1S/C15H19N3O2/c1-18-7-5-11(17-18)10-16-14-6-8-20-15-4-3-12(19-2)9-13(14)15/h3-5,7,9,14,16H,6,8,10H2,1-2H3. The highest BCUT2D eigenvalue weighted by Gasteiger charge is 2.21. The first-order valence-corrected chi connectivity index (χ1v) is 6.79. The Hall–Kier alpha value is -2.01. The molecule has 2 heterocycles. The number of methoxy groups -OCH3 is 1. The summed E-state index contributed by atoms with van der Waals surface area (Å²) in [6, 6.07) is 8.25. The van der Waals surface area contributed by atoms with E-state index in [2.05, 4.69) is 10.4 Å². The fourth-order valence-electron chi connectivity index (χ4n) is 2.50. The molecule has 1 atom stereocenters. The normalized spacial score (nSPS) is 17.4. The van der Waals surface area contributed by atoms with E-state index in [1.165, 1.54) is 0 Å². The van der Waals surface area contributed by atoms with Crippen molar-refractivity contribution in [1.29, 1.82) is 0 Å². The van der Waals surface area contributed by atoms with Crippen molar-refractivity contribution >= 4 is 0 Å². The van der Waals surface area contributed by atoms with E-state index in [-0.39, 0.29) is 6.04 Å². The monoisotopic (exact) mass is 273 g/mol. The molecule has 3 rings (SSSR count). The molecular formula is C15H19N3O2. The molecule has 1 aliphatic rings.